The summed E-state index contributed by atoms with van der Waals surface area (Å²) in [6.45, 7) is 8.69. The maximum atomic E-state index is 11.9. The lowest BCUT2D eigenvalue weighted by atomic mass is 9.79. The molecule has 1 heterocycles. The van der Waals surface area contributed by atoms with Crippen LogP contribution in [0.15, 0.2) is 30.3 Å². The van der Waals surface area contributed by atoms with Gasteiger partial charge >= 0.3 is 6.16 Å². The summed E-state index contributed by atoms with van der Waals surface area (Å²) in [5.74, 6) is 0.508. The molecule has 1 aliphatic heterocycles. The van der Waals surface area contributed by atoms with Crippen molar-refractivity contribution in [2.45, 2.75) is 57.7 Å². The lowest BCUT2D eigenvalue weighted by Crippen LogP contribution is -2.60. The van der Waals surface area contributed by atoms with Crippen LogP contribution in [-0.4, -0.2) is 35.3 Å². The molecule has 0 spiro atoms. The van der Waals surface area contributed by atoms with Gasteiger partial charge in [0, 0.05) is 23.9 Å². The van der Waals surface area contributed by atoms with E-state index >= 15 is 0 Å². The Kier molecular flexibility index (Phi) is 4.28. The second kappa shape index (κ2) is 5.68. The summed E-state index contributed by atoms with van der Waals surface area (Å²) in [7, 11) is 2.12. The van der Waals surface area contributed by atoms with Gasteiger partial charge in [-0.05, 0) is 46.9 Å². The Morgan fingerprint density at radius 1 is 1.10 bits per heavy atom. The van der Waals surface area contributed by atoms with Crippen LogP contribution in [0.2, 0.25) is 0 Å². The molecular weight excluding hydrogens is 266 g/mol. The minimum Gasteiger partial charge on any atom is -0.431 e. The van der Waals surface area contributed by atoms with Crippen LogP contribution < -0.4 is 4.74 Å². The van der Waals surface area contributed by atoms with Gasteiger partial charge in [-0.1, -0.05) is 18.2 Å². The van der Waals surface area contributed by atoms with Gasteiger partial charge in [0.2, 0.25) is 0 Å². The fourth-order valence-corrected chi connectivity index (χ4v) is 3.11. The molecular formula is C17H25NO3. The molecule has 0 aliphatic carbocycles. The summed E-state index contributed by atoms with van der Waals surface area (Å²) in [4.78, 5) is 14.3. The molecule has 1 aliphatic rings. The van der Waals surface area contributed by atoms with E-state index < -0.39 is 6.16 Å². The van der Waals surface area contributed by atoms with E-state index in [-0.39, 0.29) is 17.2 Å². The molecule has 21 heavy (non-hydrogen) atoms. The van der Waals surface area contributed by atoms with Gasteiger partial charge < -0.3 is 9.47 Å². The number of likely N-dealkylation sites (tertiary alicyclic amines) is 1. The van der Waals surface area contributed by atoms with Crippen LogP contribution in [0.1, 0.15) is 40.5 Å². The number of hydrogen-bond donors (Lipinski definition) is 0. The molecule has 1 aromatic rings. The minimum absolute atomic E-state index is 0.0144. The van der Waals surface area contributed by atoms with Crippen LogP contribution in [0.3, 0.4) is 0 Å². The van der Waals surface area contributed by atoms with E-state index in [9.17, 15) is 4.79 Å². The number of carbonyl (C=O) groups is 1. The van der Waals surface area contributed by atoms with Crippen molar-refractivity contribution in [1.82, 2.24) is 4.90 Å². The number of carbonyl (C=O) groups excluding carboxylic acids is 1. The lowest BCUT2D eigenvalue weighted by Gasteiger charge is -2.52. The van der Waals surface area contributed by atoms with Crippen molar-refractivity contribution in [3.8, 4) is 5.75 Å². The highest BCUT2D eigenvalue weighted by Gasteiger charge is 2.44. The molecule has 0 saturated carbocycles. The molecule has 0 aromatic heterocycles. The lowest BCUT2D eigenvalue weighted by molar-refractivity contribution is -0.0748. The van der Waals surface area contributed by atoms with Crippen molar-refractivity contribution >= 4 is 6.16 Å². The summed E-state index contributed by atoms with van der Waals surface area (Å²) in [5, 5.41) is 0. The average molecular weight is 291 g/mol. The van der Waals surface area contributed by atoms with Gasteiger partial charge in [-0.2, -0.15) is 0 Å². The van der Waals surface area contributed by atoms with Gasteiger partial charge in [0.25, 0.3) is 0 Å². The number of para-hydroxylation sites is 1. The van der Waals surface area contributed by atoms with Crippen molar-refractivity contribution in [3.63, 3.8) is 0 Å². The number of ether oxygens (including phenoxy) is 2. The van der Waals surface area contributed by atoms with E-state index in [0.29, 0.717) is 5.75 Å². The van der Waals surface area contributed by atoms with E-state index in [0.717, 1.165) is 12.8 Å². The van der Waals surface area contributed by atoms with Crippen LogP contribution in [0, 0.1) is 0 Å². The molecule has 0 N–H and O–H groups in total. The van der Waals surface area contributed by atoms with E-state index in [2.05, 4.69) is 39.6 Å². The molecule has 0 bridgehead atoms. The molecule has 1 aromatic carbocycles. The zero-order chi connectivity index (χ0) is 15.7. The first-order valence-electron chi connectivity index (χ1n) is 7.38. The van der Waals surface area contributed by atoms with E-state index in [4.69, 9.17) is 9.47 Å². The second-order valence-corrected chi connectivity index (χ2v) is 7.00. The highest BCUT2D eigenvalue weighted by atomic mass is 16.7. The largest absolute Gasteiger partial charge is 0.514 e. The number of rotatable bonds is 2. The summed E-state index contributed by atoms with van der Waals surface area (Å²) >= 11 is 0. The fraction of sp³-hybridized carbons (Fsp3) is 0.588. The molecule has 2 rings (SSSR count). The van der Waals surface area contributed by atoms with Crippen molar-refractivity contribution in [1.29, 1.82) is 0 Å². The van der Waals surface area contributed by atoms with E-state index in [1.165, 1.54) is 0 Å². The highest BCUT2D eigenvalue weighted by Crippen LogP contribution is 2.38. The maximum Gasteiger partial charge on any atom is 0.514 e. The van der Waals surface area contributed by atoms with Crippen molar-refractivity contribution in [3.05, 3.63) is 30.3 Å². The maximum absolute atomic E-state index is 11.9. The normalized spacial score (nSPS) is 21.8. The fourth-order valence-electron chi connectivity index (χ4n) is 3.11. The standard InChI is InChI=1S/C17H25NO3/c1-16(2)11-14(12-17(3,4)18(16)5)21-15(19)20-13-9-7-6-8-10-13/h6-10,14H,11-12H2,1-5H3. The molecule has 4 nitrogen and oxygen atoms in total. The van der Waals surface area contributed by atoms with Crippen molar-refractivity contribution < 1.29 is 14.3 Å². The van der Waals surface area contributed by atoms with Crippen LogP contribution in [0.25, 0.3) is 0 Å². The van der Waals surface area contributed by atoms with Crippen molar-refractivity contribution in [2.75, 3.05) is 7.05 Å². The Morgan fingerprint density at radius 3 is 2.14 bits per heavy atom. The van der Waals surface area contributed by atoms with Gasteiger partial charge in [-0.25, -0.2) is 4.79 Å². The predicted octanol–water partition coefficient (Wildman–Crippen LogP) is 3.85. The van der Waals surface area contributed by atoms with Crippen LogP contribution in [0.5, 0.6) is 5.75 Å². The molecule has 0 amide bonds. The molecule has 0 atom stereocenters. The summed E-state index contributed by atoms with van der Waals surface area (Å²) in [6.07, 6.45) is 0.859. The minimum atomic E-state index is -0.623. The molecule has 116 valence electrons. The number of nitrogens with zero attached hydrogens (tertiary/aromatic N) is 1. The van der Waals surface area contributed by atoms with Gasteiger partial charge in [0.15, 0.2) is 0 Å². The first kappa shape index (κ1) is 15.8. The smallest absolute Gasteiger partial charge is 0.431 e. The number of benzene rings is 1. The Balaban J connectivity index is 1.98. The SMILES string of the molecule is CN1C(C)(C)CC(OC(=O)Oc2ccccc2)CC1(C)C. The Hall–Kier alpha value is -1.55. The third-order valence-corrected chi connectivity index (χ3v) is 4.48. The third kappa shape index (κ3) is 3.76. The Bertz CT molecular complexity index is 478. The second-order valence-electron chi connectivity index (χ2n) is 7.00. The zero-order valence-electron chi connectivity index (χ0n) is 13.6. The molecule has 0 unspecified atom stereocenters. The van der Waals surface area contributed by atoms with Crippen molar-refractivity contribution in [2.24, 2.45) is 0 Å². The summed E-state index contributed by atoms with van der Waals surface area (Å²) in [6, 6.07) is 9.00. The third-order valence-electron chi connectivity index (χ3n) is 4.48. The van der Waals surface area contributed by atoms with Gasteiger partial charge in [0.1, 0.15) is 11.9 Å². The first-order chi connectivity index (χ1) is 9.71. The average Bonchev–Trinajstić information content (AvgIpc) is 2.36. The number of piperidine rings is 1. The summed E-state index contributed by atoms with van der Waals surface area (Å²) in [5.41, 5.74) is -0.0289. The molecule has 0 radical (unpaired) electrons. The monoisotopic (exact) mass is 291 g/mol. The van der Waals surface area contributed by atoms with E-state index in [1.54, 1.807) is 12.1 Å². The van der Waals surface area contributed by atoms with Crippen LogP contribution in [0.4, 0.5) is 4.79 Å². The zero-order valence-corrected chi connectivity index (χ0v) is 13.6. The van der Waals surface area contributed by atoms with Crippen LogP contribution in [-0.2, 0) is 4.74 Å². The van der Waals surface area contributed by atoms with Gasteiger partial charge in [-0.3, -0.25) is 4.90 Å². The predicted molar refractivity (Wildman–Crippen MR) is 82.5 cm³/mol. The topological polar surface area (TPSA) is 38.8 Å². The quantitative estimate of drug-likeness (QED) is 0.613. The Morgan fingerprint density at radius 2 is 1.62 bits per heavy atom. The molecule has 1 fully saturated rings. The van der Waals surface area contributed by atoms with Gasteiger partial charge in [0.05, 0.1) is 0 Å². The summed E-state index contributed by atoms with van der Waals surface area (Å²) < 4.78 is 10.7. The molecule has 4 heteroatoms. The van der Waals surface area contributed by atoms with E-state index in [1.807, 2.05) is 18.2 Å². The van der Waals surface area contributed by atoms with Crippen LogP contribution >= 0.6 is 0 Å². The highest BCUT2D eigenvalue weighted by molar-refractivity contribution is 5.64. The Labute approximate surface area is 127 Å². The molecule has 1 saturated heterocycles. The van der Waals surface area contributed by atoms with Gasteiger partial charge in [-0.15, -0.1) is 0 Å². The first-order valence-corrected chi connectivity index (χ1v) is 7.38. The number of hydrogen-bond acceptors (Lipinski definition) is 4.